The molecule has 2 aromatic carbocycles. The van der Waals surface area contributed by atoms with E-state index in [9.17, 15) is 4.79 Å². The highest BCUT2D eigenvalue weighted by Gasteiger charge is 2.15. The number of benzene rings is 2. The van der Waals surface area contributed by atoms with Gasteiger partial charge in [0.2, 0.25) is 0 Å². The van der Waals surface area contributed by atoms with Crippen LogP contribution in [0.3, 0.4) is 0 Å². The summed E-state index contributed by atoms with van der Waals surface area (Å²) >= 11 is 14.9. The average molecular weight is 450 g/mol. The topological polar surface area (TPSA) is 73.6 Å². The van der Waals surface area contributed by atoms with Crippen LogP contribution in [0.1, 0.15) is 22.8 Å². The first-order chi connectivity index (χ1) is 12.0. The molecule has 5 nitrogen and oxygen atoms in total. The van der Waals surface area contributed by atoms with Gasteiger partial charge in [0.15, 0.2) is 6.79 Å². The van der Waals surface area contributed by atoms with E-state index in [0.717, 1.165) is 5.56 Å². The number of hydrogen-bond acceptors (Lipinski definition) is 5. The van der Waals surface area contributed by atoms with E-state index in [-0.39, 0.29) is 6.79 Å². The van der Waals surface area contributed by atoms with Crippen molar-refractivity contribution in [1.82, 2.24) is 0 Å². The lowest BCUT2D eigenvalue weighted by Gasteiger charge is -2.15. The van der Waals surface area contributed by atoms with Gasteiger partial charge in [-0.25, -0.2) is 4.79 Å². The van der Waals surface area contributed by atoms with Gasteiger partial charge in [0.25, 0.3) is 0 Å². The predicted molar refractivity (Wildman–Crippen MR) is 106 cm³/mol. The van der Waals surface area contributed by atoms with Gasteiger partial charge >= 0.3 is 5.97 Å². The summed E-state index contributed by atoms with van der Waals surface area (Å²) in [5.74, 6) is -0.485. The number of esters is 1. The van der Waals surface area contributed by atoms with E-state index in [1.54, 1.807) is 30.3 Å². The maximum Gasteiger partial charge on any atom is 0.342 e. The molecule has 2 rings (SSSR count). The average Bonchev–Trinajstić information content (AvgIpc) is 2.64. The van der Waals surface area contributed by atoms with E-state index in [4.69, 9.17) is 32.7 Å². The number of aryl methyl sites for hydroxylation is 1. The summed E-state index contributed by atoms with van der Waals surface area (Å²) in [6, 6.07) is 10.6. The van der Waals surface area contributed by atoms with Gasteiger partial charge < -0.3 is 14.8 Å². The maximum atomic E-state index is 12.2. The lowest BCUT2D eigenvalue weighted by molar-refractivity contribution is -0.0273. The zero-order valence-corrected chi connectivity index (χ0v) is 16.9. The summed E-state index contributed by atoms with van der Waals surface area (Å²) in [4.78, 5) is 12.2. The third kappa shape index (κ3) is 6.17. The van der Waals surface area contributed by atoms with Crippen LogP contribution in [0.5, 0.6) is 0 Å². The standard InChI is InChI=1S/C17H17Cl2NO3.BrH2N/c1-3-22-10-23-17(21)12-6-4-5-7-14(12)20-16-13(18)9-8-11(2)15(16)19;1-2/h4-9,20H,3,10H2,1-2H3;2H2. The highest BCUT2D eigenvalue weighted by Crippen LogP contribution is 2.36. The normalized spacial score (nSPS) is 9.84. The molecule has 136 valence electrons. The minimum absolute atomic E-state index is 0.0877. The molecule has 0 radical (unpaired) electrons. The fourth-order valence-corrected chi connectivity index (χ4v) is 2.40. The molecule has 0 amide bonds. The Morgan fingerprint density at radius 1 is 1.20 bits per heavy atom. The summed E-state index contributed by atoms with van der Waals surface area (Å²) in [6.45, 7) is 4.09. The number of carbonyl (C=O) groups excluding carboxylic acids is 1. The molecule has 0 bridgehead atoms. The van der Waals surface area contributed by atoms with Crippen molar-refractivity contribution in [3.8, 4) is 0 Å². The van der Waals surface area contributed by atoms with Crippen molar-refractivity contribution in [3.63, 3.8) is 0 Å². The molecular formula is C17H19BrCl2N2O3. The molecule has 0 heterocycles. The highest BCUT2D eigenvalue weighted by molar-refractivity contribution is 9.07. The fourth-order valence-electron chi connectivity index (χ4n) is 1.93. The molecule has 0 saturated heterocycles. The van der Waals surface area contributed by atoms with Gasteiger partial charge in [-0.2, -0.15) is 0 Å². The van der Waals surface area contributed by atoms with Crippen LogP contribution in [0, 0.1) is 6.92 Å². The van der Waals surface area contributed by atoms with Crippen LogP contribution in [0.4, 0.5) is 11.4 Å². The number of nitrogens with one attached hydrogen (secondary N) is 1. The lowest BCUT2D eigenvalue weighted by Crippen LogP contribution is -2.11. The van der Waals surface area contributed by atoms with Crippen molar-refractivity contribution >= 4 is 56.7 Å². The Kier molecular flexibility index (Phi) is 9.85. The smallest absolute Gasteiger partial charge is 0.342 e. The van der Waals surface area contributed by atoms with Gasteiger partial charge in [0.05, 0.1) is 27.0 Å². The second-order valence-electron chi connectivity index (χ2n) is 4.77. The van der Waals surface area contributed by atoms with E-state index in [2.05, 4.69) is 26.2 Å². The Hall–Kier alpha value is -1.31. The number of halogens is 3. The van der Waals surface area contributed by atoms with Gasteiger partial charge in [0, 0.05) is 22.8 Å². The molecule has 0 spiro atoms. The van der Waals surface area contributed by atoms with Crippen LogP contribution in [0.15, 0.2) is 36.4 Å². The molecule has 2 aromatic rings. The van der Waals surface area contributed by atoms with Gasteiger partial charge in [-0.3, -0.25) is 4.76 Å². The second kappa shape index (κ2) is 11.3. The summed E-state index contributed by atoms with van der Waals surface area (Å²) in [7, 11) is 0. The van der Waals surface area contributed by atoms with E-state index < -0.39 is 5.97 Å². The lowest BCUT2D eigenvalue weighted by atomic mass is 10.1. The Bertz CT molecular complexity index is 714. The monoisotopic (exact) mass is 448 g/mol. The van der Waals surface area contributed by atoms with Crippen LogP contribution in [0.25, 0.3) is 0 Å². The molecule has 0 aliphatic carbocycles. The zero-order chi connectivity index (χ0) is 18.8. The molecule has 0 saturated carbocycles. The summed E-state index contributed by atoms with van der Waals surface area (Å²) < 4.78 is 14.4. The van der Waals surface area contributed by atoms with Crippen LogP contribution < -0.4 is 10.1 Å². The SMILES string of the molecule is CCOCOC(=O)c1ccccc1Nc1c(Cl)ccc(C)c1Cl.NBr. The Balaban J connectivity index is 0.00000151. The molecule has 25 heavy (non-hydrogen) atoms. The number of para-hydroxylation sites is 1. The quantitative estimate of drug-likeness (QED) is 0.265. The largest absolute Gasteiger partial charge is 0.435 e. The Morgan fingerprint density at radius 2 is 1.88 bits per heavy atom. The van der Waals surface area contributed by atoms with Crippen LogP contribution in [-0.2, 0) is 9.47 Å². The third-order valence-corrected chi connectivity index (χ3v) is 3.97. The highest BCUT2D eigenvalue weighted by atomic mass is 79.9. The number of hydrogen-bond donors (Lipinski definition) is 2. The van der Waals surface area contributed by atoms with Crippen LogP contribution in [-0.4, -0.2) is 19.4 Å². The first-order valence-electron chi connectivity index (χ1n) is 7.32. The summed E-state index contributed by atoms with van der Waals surface area (Å²) in [5.41, 5.74) is 2.37. The number of anilines is 2. The summed E-state index contributed by atoms with van der Waals surface area (Å²) in [6.07, 6.45) is 0. The Morgan fingerprint density at radius 3 is 2.56 bits per heavy atom. The first-order valence-corrected chi connectivity index (χ1v) is 8.99. The molecule has 0 aliphatic heterocycles. The first kappa shape index (κ1) is 21.7. The second-order valence-corrected chi connectivity index (χ2v) is 5.55. The van der Waals surface area contributed by atoms with E-state index in [0.29, 0.717) is 33.6 Å². The number of carbonyl (C=O) groups is 1. The van der Waals surface area contributed by atoms with Gasteiger partial charge in [0.1, 0.15) is 0 Å². The number of ether oxygens (including phenoxy) is 2. The number of rotatable bonds is 6. The molecule has 8 heteroatoms. The van der Waals surface area contributed by atoms with Crippen LogP contribution >= 0.6 is 39.3 Å². The van der Waals surface area contributed by atoms with Gasteiger partial charge in [-0.15, -0.1) is 0 Å². The van der Waals surface area contributed by atoms with Crippen molar-refractivity contribution in [3.05, 3.63) is 57.6 Å². The van der Waals surface area contributed by atoms with Crippen molar-refractivity contribution in [1.29, 1.82) is 0 Å². The van der Waals surface area contributed by atoms with E-state index >= 15 is 0 Å². The number of nitrogens with two attached hydrogens (primary N) is 1. The van der Waals surface area contributed by atoms with Crippen molar-refractivity contribution in [2.45, 2.75) is 13.8 Å². The fraction of sp³-hybridized carbons (Fsp3) is 0.235. The third-order valence-electron chi connectivity index (χ3n) is 3.17. The van der Waals surface area contributed by atoms with Gasteiger partial charge in [-0.1, -0.05) is 41.4 Å². The van der Waals surface area contributed by atoms with E-state index in [1.807, 2.05) is 19.9 Å². The zero-order valence-electron chi connectivity index (χ0n) is 13.8. The molecular weight excluding hydrogens is 431 g/mol. The van der Waals surface area contributed by atoms with Gasteiger partial charge in [-0.05, 0) is 37.6 Å². The van der Waals surface area contributed by atoms with E-state index in [1.165, 1.54) is 0 Å². The van der Waals surface area contributed by atoms with Crippen LogP contribution in [0.2, 0.25) is 10.0 Å². The molecule has 0 aliphatic rings. The van der Waals surface area contributed by atoms with Crippen molar-refractivity contribution < 1.29 is 14.3 Å². The summed E-state index contributed by atoms with van der Waals surface area (Å²) in [5, 5.41) is 4.10. The molecule has 3 N–H and O–H groups in total. The predicted octanol–water partition coefficient (Wildman–Crippen LogP) is 5.45. The molecule has 0 atom stereocenters. The molecule has 0 aromatic heterocycles. The minimum Gasteiger partial charge on any atom is -0.435 e. The van der Waals surface area contributed by atoms with Crippen molar-refractivity contribution in [2.24, 2.45) is 4.76 Å². The molecule has 0 fully saturated rings. The molecule has 0 unspecified atom stereocenters. The maximum absolute atomic E-state index is 12.2. The van der Waals surface area contributed by atoms with Crippen molar-refractivity contribution in [2.75, 3.05) is 18.7 Å². The minimum atomic E-state index is -0.485. The Labute approximate surface area is 165 Å².